The van der Waals surface area contributed by atoms with E-state index in [0.29, 0.717) is 5.75 Å². The molecule has 1 fully saturated rings. The van der Waals surface area contributed by atoms with Crippen LogP contribution in [-0.4, -0.2) is 25.8 Å². The van der Waals surface area contributed by atoms with Gasteiger partial charge in [0.05, 0.1) is 0 Å². The maximum atomic E-state index is 12.6. The fraction of sp³-hybridized carbons (Fsp3) is 0.350. The Morgan fingerprint density at radius 1 is 1.04 bits per heavy atom. The van der Waals surface area contributed by atoms with Crippen LogP contribution in [0.5, 0.6) is 11.5 Å². The van der Waals surface area contributed by atoms with Gasteiger partial charge in [-0.2, -0.15) is 0 Å². The van der Waals surface area contributed by atoms with E-state index in [1.165, 1.54) is 11.3 Å². The van der Waals surface area contributed by atoms with Gasteiger partial charge in [-0.05, 0) is 44.0 Å². The molecule has 2 aliphatic rings. The number of anilines is 2. The number of nitrogens with one attached hydrogen (secondary N) is 1. The Morgan fingerprint density at radius 2 is 1.76 bits per heavy atom. The van der Waals surface area contributed by atoms with Gasteiger partial charge < -0.3 is 19.7 Å². The summed E-state index contributed by atoms with van der Waals surface area (Å²) in [5.74, 6) is 1.55. The fourth-order valence-corrected chi connectivity index (χ4v) is 3.37. The fourth-order valence-electron chi connectivity index (χ4n) is 3.37. The average molecular weight is 338 g/mol. The molecule has 0 saturated carbocycles. The first-order valence-electron chi connectivity index (χ1n) is 8.71. The minimum atomic E-state index is 0.0483. The predicted octanol–water partition coefficient (Wildman–Crippen LogP) is 3.58. The van der Waals surface area contributed by atoms with Crippen molar-refractivity contribution in [3.63, 3.8) is 0 Å². The van der Waals surface area contributed by atoms with Gasteiger partial charge in [-0.15, -0.1) is 0 Å². The maximum Gasteiger partial charge on any atom is 0.231 e. The van der Waals surface area contributed by atoms with Crippen LogP contribution in [0.4, 0.5) is 11.4 Å². The Hall–Kier alpha value is -2.69. The summed E-state index contributed by atoms with van der Waals surface area (Å²) in [5.41, 5.74) is 3.26. The molecule has 1 saturated heterocycles. The molecule has 0 unspecified atom stereocenters. The standard InChI is InChI=1S/C20H22N2O3/c1-14-2-5-17(6-3-14)22-10-8-15(9-11-22)20(23)21-16-4-7-18-19(12-16)25-13-24-18/h2-7,12,15H,8-11,13H2,1H3,(H,21,23). The summed E-state index contributed by atoms with van der Waals surface area (Å²) in [6.07, 6.45) is 1.73. The number of benzene rings is 2. The Bertz CT molecular complexity index is 765. The van der Waals surface area contributed by atoms with Crippen LogP contribution < -0.4 is 19.7 Å². The van der Waals surface area contributed by atoms with Gasteiger partial charge in [0.2, 0.25) is 12.7 Å². The Balaban J connectivity index is 1.34. The second kappa shape index (κ2) is 6.67. The molecule has 25 heavy (non-hydrogen) atoms. The number of carbonyl (C=O) groups excluding carboxylic acids is 1. The molecule has 0 aromatic heterocycles. The number of hydrogen-bond donors (Lipinski definition) is 1. The molecule has 5 nitrogen and oxygen atoms in total. The van der Waals surface area contributed by atoms with Crippen molar-refractivity contribution < 1.29 is 14.3 Å². The van der Waals surface area contributed by atoms with Crippen molar-refractivity contribution in [3.8, 4) is 11.5 Å². The monoisotopic (exact) mass is 338 g/mol. The second-order valence-corrected chi connectivity index (χ2v) is 6.65. The maximum absolute atomic E-state index is 12.6. The molecule has 4 rings (SSSR count). The lowest BCUT2D eigenvalue weighted by atomic mass is 9.95. The molecule has 2 aromatic carbocycles. The van der Waals surface area contributed by atoms with Crippen LogP contribution in [0, 0.1) is 12.8 Å². The van der Waals surface area contributed by atoms with Crippen LogP contribution in [0.3, 0.4) is 0 Å². The highest BCUT2D eigenvalue weighted by Crippen LogP contribution is 2.34. The first-order chi connectivity index (χ1) is 12.2. The van der Waals surface area contributed by atoms with Gasteiger partial charge in [-0.3, -0.25) is 4.79 Å². The molecule has 1 amide bonds. The van der Waals surface area contributed by atoms with Crippen molar-refractivity contribution in [1.82, 2.24) is 0 Å². The third-order valence-electron chi connectivity index (χ3n) is 4.90. The van der Waals surface area contributed by atoms with E-state index in [4.69, 9.17) is 9.47 Å². The van der Waals surface area contributed by atoms with Crippen molar-refractivity contribution in [2.45, 2.75) is 19.8 Å². The lowest BCUT2D eigenvalue weighted by Gasteiger charge is -2.33. The summed E-state index contributed by atoms with van der Waals surface area (Å²) in [4.78, 5) is 14.9. The summed E-state index contributed by atoms with van der Waals surface area (Å²) in [5, 5.41) is 3.01. The van der Waals surface area contributed by atoms with Crippen LogP contribution in [0.15, 0.2) is 42.5 Å². The topological polar surface area (TPSA) is 50.8 Å². The SMILES string of the molecule is Cc1ccc(N2CCC(C(=O)Nc3ccc4c(c3)OCO4)CC2)cc1. The van der Waals surface area contributed by atoms with Crippen LogP contribution in [-0.2, 0) is 4.79 Å². The van der Waals surface area contributed by atoms with Gasteiger partial charge in [-0.25, -0.2) is 0 Å². The van der Waals surface area contributed by atoms with Gasteiger partial charge >= 0.3 is 0 Å². The summed E-state index contributed by atoms with van der Waals surface area (Å²) in [6, 6.07) is 14.1. The highest BCUT2D eigenvalue weighted by Gasteiger charge is 2.25. The van der Waals surface area contributed by atoms with Gasteiger partial charge in [0.25, 0.3) is 0 Å². The zero-order chi connectivity index (χ0) is 17.2. The Morgan fingerprint density at radius 3 is 2.52 bits per heavy atom. The van der Waals surface area contributed by atoms with Gasteiger partial charge in [-0.1, -0.05) is 17.7 Å². The molecular formula is C20H22N2O3. The van der Waals surface area contributed by atoms with Crippen molar-refractivity contribution in [1.29, 1.82) is 0 Å². The van der Waals surface area contributed by atoms with Crippen LogP contribution >= 0.6 is 0 Å². The number of hydrogen-bond acceptors (Lipinski definition) is 4. The van der Waals surface area contributed by atoms with Crippen LogP contribution in [0.2, 0.25) is 0 Å². The lowest BCUT2D eigenvalue weighted by Crippen LogP contribution is -2.38. The molecule has 2 aliphatic heterocycles. The average Bonchev–Trinajstić information content (AvgIpc) is 3.10. The zero-order valence-electron chi connectivity index (χ0n) is 14.3. The van der Waals surface area contributed by atoms with E-state index in [0.717, 1.165) is 37.4 Å². The molecule has 0 spiro atoms. The van der Waals surface area contributed by atoms with E-state index >= 15 is 0 Å². The molecule has 0 aliphatic carbocycles. The molecule has 0 radical (unpaired) electrons. The Labute approximate surface area is 147 Å². The molecule has 2 aromatic rings. The zero-order valence-corrected chi connectivity index (χ0v) is 14.3. The van der Waals surface area contributed by atoms with E-state index in [1.807, 2.05) is 18.2 Å². The quantitative estimate of drug-likeness (QED) is 0.929. The lowest BCUT2D eigenvalue weighted by molar-refractivity contribution is -0.120. The molecule has 0 bridgehead atoms. The minimum absolute atomic E-state index is 0.0483. The minimum Gasteiger partial charge on any atom is -0.454 e. The number of fused-ring (bicyclic) bond motifs is 1. The van der Waals surface area contributed by atoms with Crippen molar-refractivity contribution in [2.24, 2.45) is 5.92 Å². The second-order valence-electron chi connectivity index (χ2n) is 6.65. The molecular weight excluding hydrogens is 316 g/mol. The Kier molecular flexibility index (Phi) is 4.22. The summed E-state index contributed by atoms with van der Waals surface area (Å²) in [7, 11) is 0. The summed E-state index contributed by atoms with van der Waals surface area (Å²) >= 11 is 0. The van der Waals surface area contributed by atoms with E-state index in [1.54, 1.807) is 0 Å². The molecule has 0 atom stereocenters. The third kappa shape index (κ3) is 3.40. The number of nitrogens with zero attached hydrogens (tertiary/aromatic N) is 1. The normalized spacial score (nSPS) is 16.8. The van der Waals surface area contributed by atoms with E-state index < -0.39 is 0 Å². The smallest absolute Gasteiger partial charge is 0.231 e. The predicted molar refractivity (Wildman–Crippen MR) is 97.3 cm³/mol. The highest BCUT2D eigenvalue weighted by atomic mass is 16.7. The number of amides is 1. The van der Waals surface area contributed by atoms with Crippen molar-refractivity contribution in [3.05, 3.63) is 48.0 Å². The number of piperidine rings is 1. The first-order valence-corrected chi connectivity index (χ1v) is 8.71. The van der Waals surface area contributed by atoms with Crippen molar-refractivity contribution in [2.75, 3.05) is 30.1 Å². The van der Waals surface area contributed by atoms with Crippen LogP contribution in [0.25, 0.3) is 0 Å². The van der Waals surface area contributed by atoms with Gasteiger partial charge in [0.15, 0.2) is 11.5 Å². The largest absolute Gasteiger partial charge is 0.454 e. The van der Waals surface area contributed by atoms with E-state index in [-0.39, 0.29) is 18.6 Å². The molecule has 2 heterocycles. The first kappa shape index (κ1) is 15.8. The van der Waals surface area contributed by atoms with E-state index in [9.17, 15) is 4.79 Å². The van der Waals surface area contributed by atoms with Crippen molar-refractivity contribution >= 4 is 17.3 Å². The number of ether oxygens (including phenoxy) is 2. The number of aryl methyl sites for hydroxylation is 1. The third-order valence-corrected chi connectivity index (χ3v) is 4.90. The van der Waals surface area contributed by atoms with Crippen LogP contribution in [0.1, 0.15) is 18.4 Å². The number of rotatable bonds is 3. The molecule has 130 valence electrons. The number of carbonyl (C=O) groups is 1. The highest BCUT2D eigenvalue weighted by molar-refractivity contribution is 5.93. The van der Waals surface area contributed by atoms with Gasteiger partial charge in [0, 0.05) is 36.4 Å². The van der Waals surface area contributed by atoms with Gasteiger partial charge in [0.1, 0.15) is 0 Å². The summed E-state index contributed by atoms with van der Waals surface area (Å²) in [6.45, 7) is 4.14. The summed E-state index contributed by atoms with van der Waals surface area (Å²) < 4.78 is 10.7. The van der Waals surface area contributed by atoms with E-state index in [2.05, 4.69) is 41.4 Å². The molecule has 1 N–H and O–H groups in total. The molecule has 5 heteroatoms.